The van der Waals surface area contributed by atoms with Crippen molar-refractivity contribution in [3.63, 3.8) is 0 Å². The predicted molar refractivity (Wildman–Crippen MR) is 127 cm³/mol. The first-order valence-electron chi connectivity index (χ1n) is 11.7. The Morgan fingerprint density at radius 3 is 2.62 bits per heavy atom. The first-order valence-corrected chi connectivity index (χ1v) is 11.7. The van der Waals surface area contributed by atoms with Crippen LogP contribution in [0.4, 0.5) is 0 Å². The van der Waals surface area contributed by atoms with E-state index in [1.165, 1.54) is 24.0 Å². The van der Waals surface area contributed by atoms with Crippen molar-refractivity contribution in [2.75, 3.05) is 6.54 Å². The third kappa shape index (κ3) is 4.94. The SMILES string of the molecule is CCCCCC1CN(Cc2cccc(CC=O)c2)C(=O)C2=CC(c3ccc(C)cc3)NN21. The number of hydrogen-bond acceptors (Lipinski definition) is 4. The highest BCUT2D eigenvalue weighted by Gasteiger charge is 2.40. The predicted octanol–water partition coefficient (Wildman–Crippen LogP) is 4.47. The van der Waals surface area contributed by atoms with Gasteiger partial charge in [0.25, 0.3) is 5.91 Å². The van der Waals surface area contributed by atoms with Gasteiger partial charge >= 0.3 is 0 Å². The van der Waals surface area contributed by atoms with Crippen LogP contribution in [-0.4, -0.2) is 34.7 Å². The van der Waals surface area contributed by atoms with E-state index in [9.17, 15) is 9.59 Å². The number of hydrogen-bond donors (Lipinski definition) is 1. The zero-order chi connectivity index (χ0) is 22.5. The number of carbonyl (C=O) groups is 2. The smallest absolute Gasteiger partial charge is 0.271 e. The summed E-state index contributed by atoms with van der Waals surface area (Å²) < 4.78 is 0. The van der Waals surface area contributed by atoms with Crippen molar-refractivity contribution in [1.29, 1.82) is 0 Å². The number of nitrogens with zero attached hydrogens (tertiary/aromatic N) is 2. The molecule has 0 saturated carbocycles. The Balaban J connectivity index is 1.57. The molecule has 2 aromatic carbocycles. The summed E-state index contributed by atoms with van der Waals surface area (Å²) in [5.74, 6) is 0.0691. The average Bonchev–Trinajstić information content (AvgIpc) is 3.24. The molecule has 0 spiro atoms. The van der Waals surface area contributed by atoms with Crippen LogP contribution in [0.2, 0.25) is 0 Å². The normalized spacial score (nSPS) is 20.3. The second-order valence-corrected chi connectivity index (χ2v) is 8.97. The van der Waals surface area contributed by atoms with Gasteiger partial charge in [0, 0.05) is 19.5 Å². The molecule has 1 fully saturated rings. The minimum atomic E-state index is 0.0131. The third-order valence-electron chi connectivity index (χ3n) is 6.43. The summed E-state index contributed by atoms with van der Waals surface area (Å²) in [7, 11) is 0. The molecule has 2 aliphatic heterocycles. The van der Waals surface area contributed by atoms with Gasteiger partial charge in [0.2, 0.25) is 0 Å². The number of nitrogens with one attached hydrogen (secondary N) is 1. The molecule has 2 aromatic rings. The van der Waals surface area contributed by atoms with Crippen LogP contribution in [0, 0.1) is 6.92 Å². The van der Waals surface area contributed by atoms with Crippen LogP contribution in [0.3, 0.4) is 0 Å². The fourth-order valence-electron chi connectivity index (χ4n) is 4.66. The Labute approximate surface area is 191 Å². The van der Waals surface area contributed by atoms with Gasteiger partial charge in [-0.25, -0.2) is 5.43 Å². The van der Waals surface area contributed by atoms with E-state index >= 15 is 0 Å². The Kier molecular flexibility index (Phi) is 7.05. The van der Waals surface area contributed by atoms with Crippen LogP contribution in [0.5, 0.6) is 0 Å². The van der Waals surface area contributed by atoms with Crippen molar-refractivity contribution >= 4 is 12.2 Å². The quantitative estimate of drug-likeness (QED) is 0.470. The van der Waals surface area contributed by atoms with Gasteiger partial charge in [-0.2, -0.15) is 0 Å². The molecule has 1 N–H and O–H groups in total. The lowest BCUT2D eigenvalue weighted by Gasteiger charge is -2.41. The number of unbranched alkanes of at least 4 members (excludes halogenated alkanes) is 2. The Bertz CT molecular complexity index is 983. The van der Waals surface area contributed by atoms with Gasteiger partial charge in [-0.05, 0) is 36.1 Å². The minimum absolute atomic E-state index is 0.0131. The van der Waals surface area contributed by atoms with Gasteiger partial charge in [0.15, 0.2) is 0 Å². The number of benzene rings is 2. The van der Waals surface area contributed by atoms with Crippen molar-refractivity contribution in [3.05, 3.63) is 82.6 Å². The molecule has 2 unspecified atom stereocenters. The second kappa shape index (κ2) is 10.1. The Hall–Kier alpha value is -2.92. The van der Waals surface area contributed by atoms with Crippen LogP contribution in [0.1, 0.15) is 60.9 Å². The fraction of sp³-hybridized carbons (Fsp3) is 0.407. The summed E-state index contributed by atoms with van der Waals surface area (Å²) >= 11 is 0. The summed E-state index contributed by atoms with van der Waals surface area (Å²) in [5.41, 5.74) is 8.82. The summed E-state index contributed by atoms with van der Waals surface area (Å²) in [6, 6.07) is 16.8. The molecule has 4 rings (SSSR count). The Morgan fingerprint density at radius 1 is 1.09 bits per heavy atom. The second-order valence-electron chi connectivity index (χ2n) is 8.97. The third-order valence-corrected chi connectivity index (χ3v) is 6.43. The molecular formula is C27H33N3O2. The molecule has 1 amide bonds. The molecule has 0 aromatic heterocycles. The van der Waals surface area contributed by atoms with E-state index in [-0.39, 0.29) is 18.0 Å². The van der Waals surface area contributed by atoms with Gasteiger partial charge in [0.05, 0.1) is 12.1 Å². The van der Waals surface area contributed by atoms with E-state index in [0.29, 0.717) is 19.5 Å². The maximum Gasteiger partial charge on any atom is 0.271 e. The lowest BCUT2D eigenvalue weighted by molar-refractivity contribution is -0.135. The van der Waals surface area contributed by atoms with Crippen molar-refractivity contribution in [3.8, 4) is 0 Å². The monoisotopic (exact) mass is 431 g/mol. The van der Waals surface area contributed by atoms with Gasteiger partial charge in [0.1, 0.15) is 12.0 Å². The number of fused-ring (bicyclic) bond motifs is 1. The van der Waals surface area contributed by atoms with Gasteiger partial charge in [-0.15, -0.1) is 0 Å². The first kappa shape index (κ1) is 22.3. The van der Waals surface area contributed by atoms with Crippen LogP contribution < -0.4 is 5.43 Å². The molecular weight excluding hydrogens is 398 g/mol. The molecule has 0 aliphatic carbocycles. The van der Waals surface area contributed by atoms with Crippen LogP contribution in [0.25, 0.3) is 0 Å². The molecule has 2 atom stereocenters. The lowest BCUT2D eigenvalue weighted by atomic mass is 10.0. The highest BCUT2D eigenvalue weighted by molar-refractivity contribution is 5.94. The fourth-order valence-corrected chi connectivity index (χ4v) is 4.66. The van der Waals surface area contributed by atoms with Crippen molar-refractivity contribution in [2.45, 2.75) is 64.6 Å². The molecule has 0 radical (unpaired) electrons. The number of carbonyl (C=O) groups excluding carboxylic acids is 2. The number of aryl methyl sites for hydroxylation is 1. The molecule has 2 heterocycles. The van der Waals surface area contributed by atoms with Gasteiger partial charge in [-0.3, -0.25) is 9.80 Å². The van der Waals surface area contributed by atoms with E-state index in [0.717, 1.165) is 36.0 Å². The zero-order valence-corrected chi connectivity index (χ0v) is 19.1. The van der Waals surface area contributed by atoms with Crippen molar-refractivity contribution in [2.24, 2.45) is 0 Å². The highest BCUT2D eigenvalue weighted by atomic mass is 16.2. The van der Waals surface area contributed by atoms with Crippen molar-refractivity contribution in [1.82, 2.24) is 15.3 Å². The van der Waals surface area contributed by atoms with Gasteiger partial charge < -0.3 is 9.69 Å². The largest absolute Gasteiger partial charge is 0.331 e. The van der Waals surface area contributed by atoms with Crippen molar-refractivity contribution < 1.29 is 9.59 Å². The maximum absolute atomic E-state index is 13.4. The summed E-state index contributed by atoms with van der Waals surface area (Å²) in [6.07, 6.45) is 7.99. The molecule has 5 heteroatoms. The molecule has 0 bridgehead atoms. The summed E-state index contributed by atoms with van der Waals surface area (Å²) in [4.78, 5) is 26.3. The van der Waals surface area contributed by atoms with Gasteiger partial charge in [-0.1, -0.05) is 80.3 Å². The number of piperazine rings is 1. The van der Waals surface area contributed by atoms with E-state index in [2.05, 4.69) is 54.6 Å². The molecule has 32 heavy (non-hydrogen) atoms. The number of amides is 1. The van der Waals surface area contributed by atoms with Crippen LogP contribution in [0.15, 0.2) is 60.3 Å². The van der Waals surface area contributed by atoms with Crippen LogP contribution in [-0.2, 0) is 22.6 Å². The number of aldehydes is 1. The molecule has 2 aliphatic rings. The standard InChI is InChI=1S/C27H33N3O2/c1-3-4-5-9-24-19-29(18-22-8-6-7-21(16-22)14-15-31)27(32)26-17-25(28-30(24)26)23-12-10-20(2)11-13-23/h6-8,10-13,15-17,24-25,28H,3-5,9,14,18-19H2,1-2H3. The number of rotatable bonds is 9. The highest BCUT2D eigenvalue weighted by Crippen LogP contribution is 2.32. The molecule has 5 nitrogen and oxygen atoms in total. The molecule has 1 saturated heterocycles. The summed E-state index contributed by atoms with van der Waals surface area (Å²) in [6.45, 7) is 5.57. The Morgan fingerprint density at radius 2 is 1.88 bits per heavy atom. The number of hydrazine groups is 1. The zero-order valence-electron chi connectivity index (χ0n) is 19.1. The molecule has 168 valence electrons. The summed E-state index contributed by atoms with van der Waals surface area (Å²) in [5, 5.41) is 2.13. The van der Waals surface area contributed by atoms with E-state index in [4.69, 9.17) is 0 Å². The first-order chi connectivity index (χ1) is 15.6. The maximum atomic E-state index is 13.4. The minimum Gasteiger partial charge on any atom is -0.331 e. The van der Waals surface area contributed by atoms with E-state index < -0.39 is 0 Å². The average molecular weight is 432 g/mol. The van der Waals surface area contributed by atoms with E-state index in [1.807, 2.05) is 29.2 Å². The lowest BCUT2D eigenvalue weighted by Crippen LogP contribution is -2.56. The topological polar surface area (TPSA) is 52.7 Å². The van der Waals surface area contributed by atoms with Crippen LogP contribution >= 0.6 is 0 Å². The van der Waals surface area contributed by atoms with E-state index in [1.54, 1.807) is 0 Å².